The van der Waals surface area contributed by atoms with E-state index in [9.17, 15) is 0 Å². The fraction of sp³-hybridized carbons (Fsp3) is 0. The standard InChI is InChI=1S/C46H29N/c1-2-13-33(14-3-1)44-39-18-9-6-15-34(39)29-41-36(19-10-20-40(41)44)32-21-25-35(26-22-32)47-42-27-23-30-11-4-7-16-37(30)45(42)46-38-17-8-5-12-31(38)24-28-43(46)47/h1-29H. The summed E-state index contributed by atoms with van der Waals surface area (Å²) < 4.78 is 2.44. The van der Waals surface area contributed by atoms with Gasteiger partial charge in [-0.1, -0.05) is 146 Å². The first-order valence-electron chi connectivity index (χ1n) is 16.3. The fourth-order valence-corrected chi connectivity index (χ4v) is 7.87. The second kappa shape index (κ2) is 10.2. The van der Waals surface area contributed by atoms with E-state index in [2.05, 4.69) is 180 Å². The molecule has 1 heteroatoms. The molecule has 0 bridgehead atoms. The molecule has 1 heterocycles. The van der Waals surface area contributed by atoms with Crippen molar-refractivity contribution >= 4 is 64.9 Å². The molecule has 47 heavy (non-hydrogen) atoms. The number of hydrogen-bond donors (Lipinski definition) is 0. The zero-order valence-electron chi connectivity index (χ0n) is 25.7. The van der Waals surface area contributed by atoms with Gasteiger partial charge in [-0.25, -0.2) is 0 Å². The molecule has 10 aromatic rings. The third kappa shape index (κ3) is 3.90. The van der Waals surface area contributed by atoms with Crippen LogP contribution in [0, 0.1) is 0 Å². The number of aromatic nitrogens is 1. The first-order chi connectivity index (χ1) is 23.3. The van der Waals surface area contributed by atoms with Crippen LogP contribution in [0.3, 0.4) is 0 Å². The lowest BCUT2D eigenvalue weighted by Gasteiger charge is -2.15. The average molecular weight is 596 g/mol. The fourth-order valence-electron chi connectivity index (χ4n) is 7.87. The van der Waals surface area contributed by atoms with Crippen molar-refractivity contribution in [3.05, 3.63) is 176 Å². The maximum Gasteiger partial charge on any atom is 0.0547 e. The molecule has 218 valence electrons. The molecule has 0 atom stereocenters. The van der Waals surface area contributed by atoms with Gasteiger partial charge in [0.15, 0.2) is 0 Å². The summed E-state index contributed by atoms with van der Waals surface area (Å²) in [6.45, 7) is 0. The van der Waals surface area contributed by atoms with Gasteiger partial charge in [0.2, 0.25) is 0 Å². The van der Waals surface area contributed by atoms with E-state index in [1.165, 1.54) is 87.1 Å². The molecule has 10 rings (SSSR count). The molecule has 0 saturated carbocycles. The lowest BCUT2D eigenvalue weighted by Crippen LogP contribution is -1.94. The Kier molecular flexibility index (Phi) is 5.64. The third-order valence-electron chi connectivity index (χ3n) is 9.95. The molecule has 0 spiro atoms. The van der Waals surface area contributed by atoms with E-state index in [0.717, 1.165) is 5.69 Å². The van der Waals surface area contributed by atoms with Gasteiger partial charge in [-0.15, -0.1) is 0 Å². The van der Waals surface area contributed by atoms with E-state index < -0.39 is 0 Å². The van der Waals surface area contributed by atoms with Crippen molar-refractivity contribution in [2.75, 3.05) is 0 Å². The Bertz CT molecular complexity index is 2730. The molecule has 0 saturated heterocycles. The zero-order valence-corrected chi connectivity index (χ0v) is 25.7. The number of hydrogen-bond acceptors (Lipinski definition) is 0. The Balaban J connectivity index is 1.20. The third-order valence-corrected chi connectivity index (χ3v) is 9.95. The smallest absolute Gasteiger partial charge is 0.0547 e. The Morgan fingerprint density at radius 2 is 0.872 bits per heavy atom. The number of fused-ring (bicyclic) bond motifs is 9. The van der Waals surface area contributed by atoms with Crippen LogP contribution in [0.25, 0.3) is 92.8 Å². The van der Waals surface area contributed by atoms with E-state index in [1.807, 2.05) is 0 Å². The molecule has 0 radical (unpaired) electrons. The Labute approximate surface area is 272 Å². The van der Waals surface area contributed by atoms with Gasteiger partial charge in [-0.05, 0) is 95.7 Å². The van der Waals surface area contributed by atoms with E-state index in [4.69, 9.17) is 0 Å². The van der Waals surface area contributed by atoms with Crippen LogP contribution in [0.2, 0.25) is 0 Å². The first-order valence-corrected chi connectivity index (χ1v) is 16.3. The number of rotatable bonds is 3. The predicted octanol–water partition coefficient (Wildman–Crippen LogP) is 12.7. The number of benzene rings is 9. The van der Waals surface area contributed by atoms with E-state index in [0.29, 0.717) is 0 Å². The van der Waals surface area contributed by atoms with Gasteiger partial charge in [0, 0.05) is 16.5 Å². The van der Waals surface area contributed by atoms with Gasteiger partial charge in [0.05, 0.1) is 11.0 Å². The molecule has 0 aliphatic rings. The Morgan fingerprint density at radius 1 is 0.319 bits per heavy atom. The Hall–Kier alpha value is -6.18. The molecular formula is C46H29N. The largest absolute Gasteiger partial charge is 0.309 e. The van der Waals surface area contributed by atoms with Crippen molar-refractivity contribution in [3.8, 4) is 27.9 Å². The van der Waals surface area contributed by atoms with Crippen molar-refractivity contribution < 1.29 is 0 Å². The second-order valence-electron chi connectivity index (χ2n) is 12.5. The highest BCUT2D eigenvalue weighted by molar-refractivity contribution is 6.28. The van der Waals surface area contributed by atoms with Gasteiger partial charge >= 0.3 is 0 Å². The second-order valence-corrected chi connectivity index (χ2v) is 12.5. The van der Waals surface area contributed by atoms with E-state index in [1.54, 1.807) is 0 Å². The molecule has 0 amide bonds. The Morgan fingerprint density at radius 3 is 1.53 bits per heavy atom. The van der Waals surface area contributed by atoms with Crippen LogP contribution >= 0.6 is 0 Å². The summed E-state index contributed by atoms with van der Waals surface area (Å²) in [5.74, 6) is 0. The summed E-state index contributed by atoms with van der Waals surface area (Å²) in [5, 5.41) is 12.8. The van der Waals surface area contributed by atoms with E-state index in [-0.39, 0.29) is 0 Å². The molecule has 0 aliphatic heterocycles. The van der Waals surface area contributed by atoms with Gasteiger partial charge in [0.1, 0.15) is 0 Å². The van der Waals surface area contributed by atoms with Crippen LogP contribution in [0.15, 0.2) is 176 Å². The molecule has 9 aromatic carbocycles. The summed E-state index contributed by atoms with van der Waals surface area (Å²) in [6.07, 6.45) is 0. The maximum absolute atomic E-state index is 2.44. The molecule has 0 aliphatic carbocycles. The van der Waals surface area contributed by atoms with Crippen molar-refractivity contribution in [1.82, 2.24) is 4.57 Å². The highest BCUT2D eigenvalue weighted by Gasteiger charge is 2.18. The van der Waals surface area contributed by atoms with Crippen LogP contribution in [-0.2, 0) is 0 Å². The van der Waals surface area contributed by atoms with Crippen molar-refractivity contribution in [3.63, 3.8) is 0 Å². The number of nitrogens with zero attached hydrogens (tertiary/aromatic N) is 1. The summed E-state index contributed by atoms with van der Waals surface area (Å²) in [6, 6.07) is 64.5. The highest BCUT2D eigenvalue weighted by Crippen LogP contribution is 2.42. The molecule has 1 aromatic heterocycles. The highest BCUT2D eigenvalue weighted by atomic mass is 15.0. The monoisotopic (exact) mass is 595 g/mol. The van der Waals surface area contributed by atoms with Crippen LogP contribution in [0.1, 0.15) is 0 Å². The molecule has 0 unspecified atom stereocenters. The van der Waals surface area contributed by atoms with Gasteiger partial charge < -0.3 is 4.57 Å². The molecular weight excluding hydrogens is 567 g/mol. The summed E-state index contributed by atoms with van der Waals surface area (Å²) in [5.41, 5.74) is 8.62. The van der Waals surface area contributed by atoms with Gasteiger partial charge in [-0.3, -0.25) is 0 Å². The lowest BCUT2D eigenvalue weighted by molar-refractivity contribution is 1.18. The molecule has 0 N–H and O–H groups in total. The van der Waals surface area contributed by atoms with Crippen LogP contribution < -0.4 is 0 Å². The quantitative estimate of drug-likeness (QED) is 0.179. The van der Waals surface area contributed by atoms with Gasteiger partial charge in [-0.2, -0.15) is 0 Å². The molecule has 0 fully saturated rings. The van der Waals surface area contributed by atoms with Crippen LogP contribution in [-0.4, -0.2) is 4.57 Å². The maximum atomic E-state index is 2.44. The normalized spacial score (nSPS) is 11.8. The minimum atomic E-state index is 1.16. The first kappa shape index (κ1) is 26.1. The van der Waals surface area contributed by atoms with Crippen molar-refractivity contribution in [2.45, 2.75) is 0 Å². The van der Waals surface area contributed by atoms with E-state index >= 15 is 0 Å². The SMILES string of the molecule is c1ccc(-c2c3ccccc3cc3c(-c4ccc(-n5c6ccc7ccccc7c6c6c7ccccc7ccc65)cc4)cccc23)cc1. The summed E-state index contributed by atoms with van der Waals surface area (Å²) >= 11 is 0. The van der Waals surface area contributed by atoms with Gasteiger partial charge in [0.25, 0.3) is 0 Å². The lowest BCUT2D eigenvalue weighted by atomic mass is 9.89. The summed E-state index contributed by atoms with van der Waals surface area (Å²) in [4.78, 5) is 0. The minimum absolute atomic E-state index is 1.16. The zero-order chi connectivity index (χ0) is 30.9. The van der Waals surface area contributed by atoms with Crippen molar-refractivity contribution in [1.29, 1.82) is 0 Å². The minimum Gasteiger partial charge on any atom is -0.309 e. The summed E-state index contributed by atoms with van der Waals surface area (Å²) in [7, 11) is 0. The average Bonchev–Trinajstić information content (AvgIpc) is 3.49. The van der Waals surface area contributed by atoms with Crippen LogP contribution in [0.4, 0.5) is 0 Å². The van der Waals surface area contributed by atoms with Crippen LogP contribution in [0.5, 0.6) is 0 Å². The molecule has 1 nitrogen and oxygen atoms in total. The topological polar surface area (TPSA) is 4.93 Å². The predicted molar refractivity (Wildman–Crippen MR) is 202 cm³/mol. The van der Waals surface area contributed by atoms with Crippen molar-refractivity contribution in [2.24, 2.45) is 0 Å².